The van der Waals surface area contributed by atoms with Gasteiger partial charge in [0.05, 0.1) is 18.2 Å². The van der Waals surface area contributed by atoms with Crippen molar-refractivity contribution in [3.05, 3.63) is 29.6 Å². The van der Waals surface area contributed by atoms with Crippen LogP contribution in [0.5, 0.6) is 5.75 Å². The number of amides is 2. The summed E-state index contributed by atoms with van der Waals surface area (Å²) in [5, 5.41) is 18.2. The zero-order chi connectivity index (χ0) is 19.5. The predicted molar refractivity (Wildman–Crippen MR) is 79.6 cm³/mol. The van der Waals surface area contributed by atoms with Gasteiger partial charge < -0.3 is 24.7 Å². The van der Waals surface area contributed by atoms with Crippen molar-refractivity contribution < 1.29 is 42.1 Å². The quantitative estimate of drug-likeness (QED) is 0.784. The van der Waals surface area contributed by atoms with Crippen LogP contribution in [0.2, 0.25) is 0 Å². The summed E-state index contributed by atoms with van der Waals surface area (Å²) in [5.74, 6) is -1.46. The molecule has 1 heterocycles. The van der Waals surface area contributed by atoms with Gasteiger partial charge in [-0.3, -0.25) is 0 Å². The van der Waals surface area contributed by atoms with Crippen molar-refractivity contribution in [2.24, 2.45) is 0 Å². The number of ether oxygens (including phenoxy) is 1. The van der Waals surface area contributed by atoms with Gasteiger partial charge in [-0.15, -0.1) is 0 Å². The molecule has 1 aliphatic rings. The number of nitrogens with zero attached hydrogens (tertiary/aromatic N) is 2. The van der Waals surface area contributed by atoms with Gasteiger partial charge in [-0.2, -0.15) is 13.2 Å². The number of halogens is 4. The highest BCUT2D eigenvalue weighted by Crippen LogP contribution is 2.32. The summed E-state index contributed by atoms with van der Waals surface area (Å²) >= 11 is 0. The molecular formula is C15H16F4N2O5. The molecule has 0 saturated carbocycles. The molecule has 26 heavy (non-hydrogen) atoms. The molecule has 0 spiro atoms. The van der Waals surface area contributed by atoms with Crippen molar-refractivity contribution in [1.82, 2.24) is 9.80 Å². The number of rotatable bonds is 4. The number of benzene rings is 1. The Morgan fingerprint density at radius 3 is 2.42 bits per heavy atom. The first-order valence-electron chi connectivity index (χ1n) is 7.56. The van der Waals surface area contributed by atoms with E-state index in [0.29, 0.717) is 12.1 Å². The van der Waals surface area contributed by atoms with Gasteiger partial charge in [0.2, 0.25) is 0 Å². The van der Waals surface area contributed by atoms with E-state index in [-0.39, 0.29) is 38.4 Å². The molecule has 7 nitrogen and oxygen atoms in total. The van der Waals surface area contributed by atoms with Crippen molar-refractivity contribution >= 4 is 12.2 Å². The van der Waals surface area contributed by atoms with Crippen LogP contribution in [0.25, 0.3) is 0 Å². The summed E-state index contributed by atoms with van der Waals surface area (Å²) < 4.78 is 56.4. The van der Waals surface area contributed by atoms with Gasteiger partial charge in [0.1, 0.15) is 11.6 Å². The first kappa shape index (κ1) is 19.6. The maximum Gasteiger partial charge on any atom is 0.416 e. The maximum absolute atomic E-state index is 13.3. The normalized spacial score (nSPS) is 17.9. The van der Waals surface area contributed by atoms with E-state index < -0.39 is 35.8 Å². The summed E-state index contributed by atoms with van der Waals surface area (Å²) in [6.45, 7) is -0.285. The van der Waals surface area contributed by atoms with Crippen LogP contribution < -0.4 is 4.74 Å². The lowest BCUT2D eigenvalue weighted by molar-refractivity contribution is -0.137. The molecule has 0 aliphatic carbocycles. The Morgan fingerprint density at radius 2 is 1.85 bits per heavy atom. The average Bonchev–Trinajstić information content (AvgIpc) is 2.53. The standard InChI is InChI=1S/C15H16F4N2O5/c16-10-5-9(15(17,18)19)6-12(7-10)26-4-1-11-8-20(13(22)23)2-3-21(11)14(24)25/h5-7,11H,1-4,8H2,(H,22,23)(H,24,25)/t11-/m1/s1. The largest absolute Gasteiger partial charge is 0.493 e. The van der Waals surface area contributed by atoms with Crippen LogP contribution in [0.15, 0.2) is 18.2 Å². The van der Waals surface area contributed by atoms with Gasteiger partial charge >= 0.3 is 18.4 Å². The molecule has 0 aromatic heterocycles. The van der Waals surface area contributed by atoms with Crippen LogP contribution in [-0.4, -0.2) is 64.5 Å². The van der Waals surface area contributed by atoms with E-state index in [9.17, 15) is 27.2 Å². The van der Waals surface area contributed by atoms with E-state index in [1.54, 1.807) is 0 Å². The number of carboxylic acid groups (broad SMARTS) is 2. The molecule has 0 radical (unpaired) electrons. The van der Waals surface area contributed by atoms with E-state index in [0.717, 1.165) is 15.9 Å². The zero-order valence-corrected chi connectivity index (χ0v) is 13.4. The number of hydrogen-bond donors (Lipinski definition) is 2. The lowest BCUT2D eigenvalue weighted by atomic mass is 10.1. The van der Waals surface area contributed by atoms with Gasteiger partial charge in [-0.05, 0) is 12.1 Å². The molecule has 1 saturated heterocycles. The van der Waals surface area contributed by atoms with Gasteiger partial charge in [0, 0.05) is 32.1 Å². The third kappa shape index (κ3) is 4.90. The van der Waals surface area contributed by atoms with Crippen molar-refractivity contribution in [1.29, 1.82) is 0 Å². The van der Waals surface area contributed by atoms with E-state index in [2.05, 4.69) is 0 Å². The van der Waals surface area contributed by atoms with Gasteiger partial charge in [0.25, 0.3) is 0 Å². The summed E-state index contributed by atoms with van der Waals surface area (Å²) in [6.07, 6.45) is -7.12. The third-order valence-electron chi connectivity index (χ3n) is 3.92. The summed E-state index contributed by atoms with van der Waals surface area (Å²) in [7, 11) is 0. The average molecular weight is 380 g/mol. The Hall–Kier alpha value is -2.72. The highest BCUT2D eigenvalue weighted by Gasteiger charge is 2.33. The maximum atomic E-state index is 13.3. The number of carbonyl (C=O) groups is 2. The predicted octanol–water partition coefficient (Wildman–Crippen LogP) is 2.96. The second-order valence-electron chi connectivity index (χ2n) is 5.67. The Bertz CT molecular complexity index is 682. The van der Waals surface area contributed by atoms with E-state index >= 15 is 0 Å². The summed E-state index contributed by atoms with van der Waals surface area (Å²) in [5.41, 5.74) is -1.20. The van der Waals surface area contributed by atoms with Gasteiger partial charge in [-0.25, -0.2) is 14.0 Å². The highest BCUT2D eigenvalue weighted by atomic mass is 19.4. The minimum Gasteiger partial charge on any atom is -0.493 e. The Kier molecular flexibility index (Phi) is 5.78. The molecule has 2 N–H and O–H groups in total. The Morgan fingerprint density at radius 1 is 1.15 bits per heavy atom. The van der Waals surface area contributed by atoms with Gasteiger partial charge in [-0.1, -0.05) is 0 Å². The van der Waals surface area contributed by atoms with Crippen molar-refractivity contribution in [3.8, 4) is 5.75 Å². The SMILES string of the molecule is O=C(O)N1CCN(C(=O)O)[C@H](CCOc2cc(F)cc(C(F)(F)F)c2)C1. The monoisotopic (exact) mass is 380 g/mol. The molecule has 1 aliphatic heterocycles. The smallest absolute Gasteiger partial charge is 0.416 e. The van der Waals surface area contributed by atoms with Crippen LogP contribution in [0.1, 0.15) is 12.0 Å². The fourth-order valence-electron chi connectivity index (χ4n) is 2.65. The fraction of sp³-hybridized carbons (Fsp3) is 0.467. The zero-order valence-electron chi connectivity index (χ0n) is 13.4. The van der Waals surface area contributed by atoms with Gasteiger partial charge in [0.15, 0.2) is 0 Å². The lowest BCUT2D eigenvalue weighted by Gasteiger charge is -2.38. The number of hydrogen-bond acceptors (Lipinski definition) is 3. The third-order valence-corrected chi connectivity index (χ3v) is 3.92. The van der Waals surface area contributed by atoms with Crippen LogP contribution in [0, 0.1) is 5.82 Å². The number of alkyl halides is 3. The molecule has 1 atom stereocenters. The Labute approximate surface area is 145 Å². The van der Waals surface area contributed by atoms with Crippen LogP contribution in [0.4, 0.5) is 27.2 Å². The number of piperazine rings is 1. The molecule has 1 fully saturated rings. The molecule has 1 aromatic rings. The molecular weight excluding hydrogens is 364 g/mol. The first-order valence-corrected chi connectivity index (χ1v) is 7.56. The van der Waals surface area contributed by atoms with Crippen LogP contribution >= 0.6 is 0 Å². The van der Waals surface area contributed by atoms with Crippen molar-refractivity contribution in [2.75, 3.05) is 26.2 Å². The lowest BCUT2D eigenvalue weighted by Crippen LogP contribution is -2.56. The second kappa shape index (κ2) is 7.67. The van der Waals surface area contributed by atoms with Crippen molar-refractivity contribution in [2.45, 2.75) is 18.6 Å². The fourth-order valence-corrected chi connectivity index (χ4v) is 2.65. The van der Waals surface area contributed by atoms with Crippen LogP contribution in [0.3, 0.4) is 0 Å². The second-order valence-corrected chi connectivity index (χ2v) is 5.67. The minimum atomic E-state index is -4.73. The van der Waals surface area contributed by atoms with Crippen molar-refractivity contribution in [3.63, 3.8) is 0 Å². The highest BCUT2D eigenvalue weighted by molar-refractivity contribution is 5.68. The molecule has 0 bridgehead atoms. The molecule has 2 amide bonds. The van der Waals surface area contributed by atoms with E-state index in [1.165, 1.54) is 0 Å². The first-order chi connectivity index (χ1) is 12.1. The molecule has 144 valence electrons. The summed E-state index contributed by atoms with van der Waals surface area (Å²) in [6, 6.07) is 1.05. The topological polar surface area (TPSA) is 90.3 Å². The minimum absolute atomic E-state index is 0.0233. The molecule has 1 aromatic carbocycles. The Balaban J connectivity index is 2.01. The molecule has 11 heteroatoms. The summed E-state index contributed by atoms with van der Waals surface area (Å²) in [4.78, 5) is 24.3. The van der Waals surface area contributed by atoms with Crippen LogP contribution in [-0.2, 0) is 6.18 Å². The molecule has 2 rings (SSSR count). The van der Waals surface area contributed by atoms with E-state index in [1.807, 2.05) is 0 Å². The molecule has 0 unspecified atom stereocenters. The van der Waals surface area contributed by atoms with E-state index in [4.69, 9.17) is 14.9 Å².